The van der Waals surface area contributed by atoms with Gasteiger partial charge in [0.25, 0.3) is 0 Å². The zero-order valence-electron chi connectivity index (χ0n) is 11.2. The number of hydrogen-bond donors (Lipinski definition) is 1. The highest BCUT2D eigenvalue weighted by molar-refractivity contribution is 5.37. The highest BCUT2D eigenvalue weighted by Crippen LogP contribution is 2.28. The van der Waals surface area contributed by atoms with Crippen LogP contribution in [0, 0.1) is 0 Å². The van der Waals surface area contributed by atoms with Gasteiger partial charge in [-0.3, -0.25) is 4.68 Å². The molecule has 3 rings (SSSR count). The predicted octanol–water partition coefficient (Wildman–Crippen LogP) is 2.00. The fraction of sp³-hybridized carbons (Fsp3) is 0.400. The monoisotopic (exact) mass is 257 g/mol. The van der Waals surface area contributed by atoms with Crippen LogP contribution in [0.5, 0.6) is 5.75 Å². The van der Waals surface area contributed by atoms with Gasteiger partial charge in [0.1, 0.15) is 11.9 Å². The molecule has 1 N–H and O–H groups in total. The first-order valence-electron chi connectivity index (χ1n) is 6.81. The number of ether oxygens (including phenoxy) is 1. The maximum atomic E-state index is 5.92. The SMILES string of the molecule is CCNCc1cnn(CC2Cc3ccccc3O2)c1. The van der Waals surface area contributed by atoms with Crippen LogP contribution in [0.3, 0.4) is 0 Å². The molecule has 0 amide bonds. The molecule has 0 fully saturated rings. The van der Waals surface area contributed by atoms with Crippen LogP contribution in [0.15, 0.2) is 36.7 Å². The number of rotatable bonds is 5. The highest BCUT2D eigenvalue weighted by atomic mass is 16.5. The van der Waals surface area contributed by atoms with Gasteiger partial charge in [-0.05, 0) is 18.2 Å². The van der Waals surface area contributed by atoms with Crippen LogP contribution in [0.4, 0.5) is 0 Å². The molecule has 0 saturated heterocycles. The maximum Gasteiger partial charge on any atom is 0.123 e. The van der Waals surface area contributed by atoms with Crippen molar-refractivity contribution in [3.63, 3.8) is 0 Å². The number of aromatic nitrogens is 2. The van der Waals surface area contributed by atoms with E-state index in [1.807, 2.05) is 23.0 Å². The van der Waals surface area contributed by atoms with Crippen molar-refractivity contribution in [3.05, 3.63) is 47.8 Å². The summed E-state index contributed by atoms with van der Waals surface area (Å²) in [6.45, 7) is 4.77. The Labute approximate surface area is 113 Å². The van der Waals surface area contributed by atoms with Gasteiger partial charge < -0.3 is 10.1 Å². The summed E-state index contributed by atoms with van der Waals surface area (Å²) in [6, 6.07) is 8.25. The molecule has 1 aliphatic rings. The summed E-state index contributed by atoms with van der Waals surface area (Å²) in [5.41, 5.74) is 2.52. The lowest BCUT2D eigenvalue weighted by Crippen LogP contribution is -2.21. The molecule has 4 heteroatoms. The molecule has 100 valence electrons. The average molecular weight is 257 g/mol. The first-order valence-corrected chi connectivity index (χ1v) is 6.81. The van der Waals surface area contributed by atoms with Gasteiger partial charge in [0, 0.05) is 24.7 Å². The molecular weight excluding hydrogens is 238 g/mol. The molecule has 1 unspecified atom stereocenters. The molecule has 1 aliphatic heterocycles. The molecule has 0 saturated carbocycles. The molecule has 0 spiro atoms. The lowest BCUT2D eigenvalue weighted by Gasteiger charge is -2.10. The van der Waals surface area contributed by atoms with Crippen molar-refractivity contribution in [2.75, 3.05) is 6.54 Å². The van der Waals surface area contributed by atoms with Gasteiger partial charge in [-0.2, -0.15) is 5.10 Å². The van der Waals surface area contributed by atoms with Crippen LogP contribution < -0.4 is 10.1 Å². The molecule has 0 bridgehead atoms. The number of fused-ring (bicyclic) bond motifs is 1. The lowest BCUT2D eigenvalue weighted by molar-refractivity contribution is 0.203. The zero-order chi connectivity index (χ0) is 13.1. The van der Waals surface area contributed by atoms with Crippen LogP contribution in [0.1, 0.15) is 18.1 Å². The minimum absolute atomic E-state index is 0.198. The van der Waals surface area contributed by atoms with E-state index in [4.69, 9.17) is 4.74 Å². The normalized spacial score (nSPS) is 17.2. The Balaban J connectivity index is 1.60. The molecule has 0 aliphatic carbocycles. The standard InChI is InChI=1S/C15H19N3O/c1-2-16-8-12-9-17-18(10-12)11-14-7-13-5-3-4-6-15(13)19-14/h3-6,9-10,14,16H,2,7-8,11H2,1H3. The van der Waals surface area contributed by atoms with E-state index < -0.39 is 0 Å². The highest BCUT2D eigenvalue weighted by Gasteiger charge is 2.22. The second-order valence-electron chi connectivity index (χ2n) is 4.90. The van der Waals surface area contributed by atoms with Gasteiger partial charge in [0.2, 0.25) is 0 Å². The number of benzene rings is 1. The van der Waals surface area contributed by atoms with Gasteiger partial charge in [-0.15, -0.1) is 0 Å². The first-order chi connectivity index (χ1) is 9.35. The summed E-state index contributed by atoms with van der Waals surface area (Å²) in [5.74, 6) is 1.02. The van der Waals surface area contributed by atoms with E-state index in [2.05, 4.69) is 35.7 Å². The quantitative estimate of drug-likeness (QED) is 0.890. The van der Waals surface area contributed by atoms with E-state index >= 15 is 0 Å². The maximum absolute atomic E-state index is 5.92. The van der Waals surface area contributed by atoms with Gasteiger partial charge in [-0.1, -0.05) is 25.1 Å². The molecular formula is C15H19N3O. The topological polar surface area (TPSA) is 39.1 Å². The minimum atomic E-state index is 0.198. The Morgan fingerprint density at radius 1 is 1.42 bits per heavy atom. The van der Waals surface area contributed by atoms with E-state index in [0.717, 1.165) is 31.8 Å². The molecule has 2 heterocycles. The van der Waals surface area contributed by atoms with Crippen LogP contribution in [-0.4, -0.2) is 22.4 Å². The molecule has 19 heavy (non-hydrogen) atoms. The largest absolute Gasteiger partial charge is 0.488 e. The fourth-order valence-corrected chi connectivity index (χ4v) is 2.43. The van der Waals surface area contributed by atoms with Gasteiger partial charge in [-0.25, -0.2) is 0 Å². The lowest BCUT2D eigenvalue weighted by atomic mass is 10.1. The average Bonchev–Trinajstić information content (AvgIpc) is 3.02. The van der Waals surface area contributed by atoms with Crippen molar-refractivity contribution in [3.8, 4) is 5.75 Å². The van der Waals surface area contributed by atoms with Crippen molar-refractivity contribution in [2.24, 2.45) is 0 Å². The summed E-state index contributed by atoms with van der Waals surface area (Å²) in [6.07, 6.45) is 5.18. The van der Waals surface area contributed by atoms with Crippen LogP contribution >= 0.6 is 0 Å². The van der Waals surface area contributed by atoms with E-state index in [9.17, 15) is 0 Å². The summed E-state index contributed by atoms with van der Waals surface area (Å²) in [4.78, 5) is 0. The first kappa shape index (κ1) is 12.2. The molecule has 2 aromatic rings. The number of nitrogens with zero attached hydrogens (tertiary/aromatic N) is 2. The smallest absolute Gasteiger partial charge is 0.123 e. The zero-order valence-corrected chi connectivity index (χ0v) is 11.2. The van der Waals surface area contributed by atoms with Gasteiger partial charge in [0.05, 0.1) is 12.7 Å². The van der Waals surface area contributed by atoms with Crippen LogP contribution in [0.2, 0.25) is 0 Å². The van der Waals surface area contributed by atoms with Crippen molar-refractivity contribution in [1.29, 1.82) is 0 Å². The Hall–Kier alpha value is -1.81. The van der Waals surface area contributed by atoms with E-state index in [1.165, 1.54) is 11.1 Å². The minimum Gasteiger partial charge on any atom is -0.488 e. The van der Waals surface area contributed by atoms with E-state index in [0.29, 0.717) is 0 Å². The summed E-state index contributed by atoms with van der Waals surface area (Å²) < 4.78 is 7.90. The Morgan fingerprint density at radius 2 is 2.32 bits per heavy atom. The third-order valence-electron chi connectivity index (χ3n) is 3.37. The number of para-hydroxylation sites is 1. The summed E-state index contributed by atoms with van der Waals surface area (Å²) >= 11 is 0. The Bertz CT molecular complexity index is 525. The third-order valence-corrected chi connectivity index (χ3v) is 3.37. The molecule has 1 aromatic heterocycles. The number of hydrogen-bond acceptors (Lipinski definition) is 3. The molecule has 1 atom stereocenters. The van der Waals surface area contributed by atoms with Gasteiger partial charge in [0.15, 0.2) is 0 Å². The molecule has 1 aromatic carbocycles. The van der Waals surface area contributed by atoms with Crippen molar-refractivity contribution < 1.29 is 4.74 Å². The van der Waals surface area contributed by atoms with E-state index in [1.54, 1.807) is 0 Å². The van der Waals surface area contributed by atoms with Crippen molar-refractivity contribution in [2.45, 2.75) is 32.5 Å². The van der Waals surface area contributed by atoms with E-state index in [-0.39, 0.29) is 6.10 Å². The molecule has 4 nitrogen and oxygen atoms in total. The summed E-state index contributed by atoms with van der Waals surface area (Å²) in [7, 11) is 0. The second-order valence-corrected chi connectivity index (χ2v) is 4.90. The molecule has 0 radical (unpaired) electrons. The third kappa shape index (κ3) is 2.79. The van der Waals surface area contributed by atoms with Crippen molar-refractivity contribution in [1.82, 2.24) is 15.1 Å². The van der Waals surface area contributed by atoms with Crippen LogP contribution in [0.25, 0.3) is 0 Å². The Kier molecular flexibility index (Phi) is 3.51. The summed E-state index contributed by atoms with van der Waals surface area (Å²) in [5, 5.41) is 7.69. The number of nitrogens with one attached hydrogen (secondary N) is 1. The fourth-order valence-electron chi connectivity index (χ4n) is 2.43. The predicted molar refractivity (Wildman–Crippen MR) is 74.2 cm³/mol. The van der Waals surface area contributed by atoms with Gasteiger partial charge >= 0.3 is 0 Å². The van der Waals surface area contributed by atoms with Crippen LogP contribution in [-0.2, 0) is 19.5 Å². The Morgan fingerprint density at radius 3 is 3.16 bits per heavy atom. The second kappa shape index (κ2) is 5.45. The van der Waals surface area contributed by atoms with Crippen molar-refractivity contribution >= 4 is 0 Å².